The quantitative estimate of drug-likeness (QED) is 0.425. The zero-order valence-electron chi connectivity index (χ0n) is 10.0. The minimum atomic E-state index is -1.12. The lowest BCUT2D eigenvalue weighted by Crippen LogP contribution is -2.29. The maximum absolute atomic E-state index is 11.4. The lowest BCUT2D eigenvalue weighted by atomic mass is 10.0. The van der Waals surface area contributed by atoms with Crippen LogP contribution in [0.2, 0.25) is 0 Å². The number of aryl methyl sites for hydroxylation is 1. The first kappa shape index (κ1) is 14.7. The second-order valence-electron chi connectivity index (χ2n) is 3.77. The van der Waals surface area contributed by atoms with Gasteiger partial charge in [0.2, 0.25) is 5.91 Å². The predicted molar refractivity (Wildman–Crippen MR) is 64.7 cm³/mol. The third-order valence-electron chi connectivity index (χ3n) is 2.42. The van der Waals surface area contributed by atoms with Crippen LogP contribution in [0.1, 0.15) is 22.3 Å². The standard InChI is InChI=1S/C12H14N2O5/c15-10(13-7-11(16)17)6-5-8-3-1-2-4-9(8)12(18)14-19/h1-4,19H,5-7H2,(H,13,15)(H,14,18)(H,16,17). The highest BCUT2D eigenvalue weighted by Gasteiger charge is 2.11. The Morgan fingerprint density at radius 3 is 2.47 bits per heavy atom. The van der Waals surface area contributed by atoms with Gasteiger partial charge in [0.15, 0.2) is 0 Å². The fourth-order valence-electron chi connectivity index (χ4n) is 1.53. The highest BCUT2D eigenvalue weighted by molar-refractivity contribution is 5.95. The number of carbonyl (C=O) groups is 3. The number of nitrogens with one attached hydrogen (secondary N) is 2. The number of hydrogen-bond acceptors (Lipinski definition) is 4. The van der Waals surface area contributed by atoms with Crippen molar-refractivity contribution < 1.29 is 24.7 Å². The summed E-state index contributed by atoms with van der Waals surface area (Å²) in [6.45, 7) is -0.433. The summed E-state index contributed by atoms with van der Waals surface area (Å²) in [5.41, 5.74) is 2.40. The fraction of sp³-hybridized carbons (Fsp3) is 0.250. The molecular weight excluding hydrogens is 252 g/mol. The van der Waals surface area contributed by atoms with Crippen LogP contribution in [0.4, 0.5) is 0 Å². The van der Waals surface area contributed by atoms with E-state index in [0.29, 0.717) is 5.56 Å². The van der Waals surface area contributed by atoms with Crippen LogP contribution >= 0.6 is 0 Å². The molecule has 0 saturated carbocycles. The number of rotatable bonds is 6. The van der Waals surface area contributed by atoms with Crippen LogP contribution in [0.25, 0.3) is 0 Å². The van der Waals surface area contributed by atoms with E-state index in [1.165, 1.54) is 11.5 Å². The van der Waals surface area contributed by atoms with Crippen LogP contribution in [0.5, 0.6) is 0 Å². The molecule has 0 bridgehead atoms. The molecule has 1 rings (SSSR count). The molecule has 7 nitrogen and oxygen atoms in total. The average Bonchev–Trinajstić information content (AvgIpc) is 2.42. The second kappa shape index (κ2) is 7.12. The summed E-state index contributed by atoms with van der Waals surface area (Å²) in [5.74, 6) is -2.18. The maximum Gasteiger partial charge on any atom is 0.322 e. The summed E-state index contributed by atoms with van der Waals surface area (Å²) in [4.78, 5) is 33.0. The fourth-order valence-corrected chi connectivity index (χ4v) is 1.53. The molecular formula is C12H14N2O5. The zero-order chi connectivity index (χ0) is 14.3. The van der Waals surface area contributed by atoms with Crippen molar-refractivity contribution in [3.05, 3.63) is 35.4 Å². The van der Waals surface area contributed by atoms with Gasteiger partial charge in [0.1, 0.15) is 6.54 Å². The Morgan fingerprint density at radius 1 is 1.16 bits per heavy atom. The molecule has 0 aliphatic carbocycles. The first-order valence-corrected chi connectivity index (χ1v) is 5.55. The summed E-state index contributed by atoms with van der Waals surface area (Å²) < 4.78 is 0. The lowest BCUT2D eigenvalue weighted by molar-refractivity contribution is -0.137. The molecule has 0 heterocycles. The van der Waals surface area contributed by atoms with Gasteiger partial charge >= 0.3 is 5.97 Å². The summed E-state index contributed by atoms with van der Waals surface area (Å²) in [6, 6.07) is 6.53. The SMILES string of the molecule is O=C(O)CNC(=O)CCc1ccccc1C(=O)NO. The Hall–Kier alpha value is -2.41. The van der Waals surface area contributed by atoms with Crippen molar-refractivity contribution in [1.29, 1.82) is 0 Å². The lowest BCUT2D eigenvalue weighted by Gasteiger charge is -2.07. The third-order valence-corrected chi connectivity index (χ3v) is 2.42. The van der Waals surface area contributed by atoms with Crippen molar-refractivity contribution in [2.24, 2.45) is 0 Å². The predicted octanol–water partition coefficient (Wildman–Crippen LogP) is -0.0610. The van der Waals surface area contributed by atoms with Crippen molar-refractivity contribution in [3.8, 4) is 0 Å². The number of carboxylic acid groups (broad SMARTS) is 1. The molecule has 0 aromatic heterocycles. The molecule has 0 fully saturated rings. The molecule has 102 valence electrons. The Balaban J connectivity index is 2.60. The number of aliphatic carboxylic acids is 1. The summed E-state index contributed by atoms with van der Waals surface area (Å²) >= 11 is 0. The molecule has 1 aromatic carbocycles. The highest BCUT2D eigenvalue weighted by atomic mass is 16.5. The molecule has 7 heteroatoms. The molecule has 0 radical (unpaired) electrons. The van der Waals surface area contributed by atoms with Gasteiger partial charge in [-0.05, 0) is 18.1 Å². The maximum atomic E-state index is 11.4. The summed E-state index contributed by atoms with van der Waals surface area (Å²) in [6.07, 6.45) is 0.331. The number of amides is 2. The van der Waals surface area contributed by atoms with Gasteiger partial charge in [-0.15, -0.1) is 0 Å². The summed E-state index contributed by atoms with van der Waals surface area (Å²) in [7, 11) is 0. The van der Waals surface area contributed by atoms with E-state index >= 15 is 0 Å². The Bertz CT molecular complexity index is 487. The van der Waals surface area contributed by atoms with Gasteiger partial charge in [0.25, 0.3) is 5.91 Å². The van der Waals surface area contributed by atoms with E-state index in [9.17, 15) is 14.4 Å². The molecule has 0 spiro atoms. The highest BCUT2D eigenvalue weighted by Crippen LogP contribution is 2.11. The number of benzene rings is 1. The van der Waals surface area contributed by atoms with Crippen molar-refractivity contribution in [2.45, 2.75) is 12.8 Å². The number of hydroxylamine groups is 1. The molecule has 1 aromatic rings. The van der Waals surface area contributed by atoms with Gasteiger partial charge in [0.05, 0.1) is 0 Å². The Morgan fingerprint density at radius 2 is 1.84 bits per heavy atom. The minimum Gasteiger partial charge on any atom is -0.480 e. The Labute approximate surface area is 109 Å². The van der Waals surface area contributed by atoms with Gasteiger partial charge in [0, 0.05) is 12.0 Å². The molecule has 4 N–H and O–H groups in total. The largest absolute Gasteiger partial charge is 0.480 e. The van der Waals surface area contributed by atoms with E-state index in [1.807, 2.05) is 0 Å². The van der Waals surface area contributed by atoms with E-state index in [2.05, 4.69) is 5.32 Å². The van der Waals surface area contributed by atoms with E-state index in [-0.39, 0.29) is 18.4 Å². The van der Waals surface area contributed by atoms with Gasteiger partial charge in [-0.3, -0.25) is 19.6 Å². The van der Waals surface area contributed by atoms with Crippen LogP contribution in [-0.2, 0) is 16.0 Å². The molecule has 0 aliphatic rings. The number of hydrogen-bond donors (Lipinski definition) is 4. The van der Waals surface area contributed by atoms with Gasteiger partial charge in [-0.25, -0.2) is 5.48 Å². The van der Waals surface area contributed by atoms with Gasteiger partial charge < -0.3 is 10.4 Å². The van der Waals surface area contributed by atoms with Crippen molar-refractivity contribution in [1.82, 2.24) is 10.8 Å². The first-order valence-electron chi connectivity index (χ1n) is 5.55. The molecule has 0 aliphatic heterocycles. The Kier molecular flexibility index (Phi) is 5.49. The van der Waals surface area contributed by atoms with Gasteiger partial charge in [-0.2, -0.15) is 0 Å². The van der Waals surface area contributed by atoms with Crippen molar-refractivity contribution >= 4 is 17.8 Å². The number of carbonyl (C=O) groups excluding carboxylic acids is 2. The van der Waals surface area contributed by atoms with E-state index in [0.717, 1.165) is 0 Å². The normalized spacial score (nSPS) is 9.74. The second-order valence-corrected chi connectivity index (χ2v) is 3.77. The third kappa shape index (κ3) is 4.76. The van der Waals surface area contributed by atoms with Crippen LogP contribution in [-0.4, -0.2) is 34.6 Å². The number of carboxylic acids is 1. The molecule has 0 unspecified atom stereocenters. The molecule has 19 heavy (non-hydrogen) atoms. The van der Waals surface area contributed by atoms with Crippen LogP contribution in [0, 0.1) is 0 Å². The molecule has 0 atom stereocenters. The van der Waals surface area contributed by atoms with E-state index < -0.39 is 24.3 Å². The first-order chi connectivity index (χ1) is 9.04. The minimum absolute atomic E-state index is 0.0585. The topological polar surface area (TPSA) is 116 Å². The smallest absolute Gasteiger partial charge is 0.322 e. The van der Waals surface area contributed by atoms with Crippen molar-refractivity contribution in [2.75, 3.05) is 6.54 Å². The monoisotopic (exact) mass is 266 g/mol. The van der Waals surface area contributed by atoms with Crippen molar-refractivity contribution in [3.63, 3.8) is 0 Å². The zero-order valence-corrected chi connectivity index (χ0v) is 10.0. The van der Waals surface area contributed by atoms with E-state index in [1.54, 1.807) is 18.2 Å². The molecule has 0 saturated heterocycles. The van der Waals surface area contributed by atoms with Crippen LogP contribution < -0.4 is 10.8 Å². The average molecular weight is 266 g/mol. The van der Waals surface area contributed by atoms with Gasteiger partial charge in [-0.1, -0.05) is 18.2 Å². The van der Waals surface area contributed by atoms with Crippen LogP contribution in [0.15, 0.2) is 24.3 Å². The molecule has 2 amide bonds. The van der Waals surface area contributed by atoms with E-state index in [4.69, 9.17) is 10.3 Å². The van der Waals surface area contributed by atoms with Crippen LogP contribution in [0.3, 0.4) is 0 Å². The summed E-state index contributed by atoms with van der Waals surface area (Å²) in [5, 5.41) is 19.2.